The van der Waals surface area contributed by atoms with Crippen LogP contribution in [0.15, 0.2) is 24.3 Å². The SMILES string of the molecule is CCCCCCCCOC(=O)C1CCCCC1C(=O)Oc1ccc(OC(C)C)cc1. The van der Waals surface area contributed by atoms with Gasteiger partial charge in [-0.2, -0.15) is 0 Å². The van der Waals surface area contributed by atoms with E-state index in [0.29, 0.717) is 25.2 Å². The Morgan fingerprint density at radius 3 is 2.07 bits per heavy atom. The summed E-state index contributed by atoms with van der Waals surface area (Å²) in [5, 5.41) is 0. The molecule has 1 aromatic carbocycles. The van der Waals surface area contributed by atoms with E-state index in [1.165, 1.54) is 25.7 Å². The minimum atomic E-state index is -0.428. The molecule has 1 aliphatic carbocycles. The van der Waals surface area contributed by atoms with Crippen LogP contribution >= 0.6 is 0 Å². The van der Waals surface area contributed by atoms with Gasteiger partial charge in [-0.3, -0.25) is 9.59 Å². The lowest BCUT2D eigenvalue weighted by atomic mass is 9.79. The fraction of sp³-hybridized carbons (Fsp3) is 0.680. The average molecular weight is 419 g/mol. The molecule has 0 saturated heterocycles. The van der Waals surface area contributed by atoms with Crippen molar-refractivity contribution < 1.29 is 23.8 Å². The lowest BCUT2D eigenvalue weighted by Crippen LogP contribution is -2.36. The molecule has 2 unspecified atom stereocenters. The van der Waals surface area contributed by atoms with E-state index in [1.54, 1.807) is 24.3 Å². The Balaban J connectivity index is 1.82. The molecular formula is C25H38O5. The van der Waals surface area contributed by atoms with Gasteiger partial charge < -0.3 is 14.2 Å². The van der Waals surface area contributed by atoms with Crippen molar-refractivity contribution >= 4 is 11.9 Å². The van der Waals surface area contributed by atoms with E-state index >= 15 is 0 Å². The fourth-order valence-corrected chi connectivity index (χ4v) is 3.91. The van der Waals surface area contributed by atoms with Crippen LogP contribution in [0, 0.1) is 11.8 Å². The zero-order valence-corrected chi connectivity index (χ0v) is 18.9. The molecule has 5 heteroatoms. The number of benzene rings is 1. The first-order chi connectivity index (χ1) is 14.5. The van der Waals surface area contributed by atoms with Gasteiger partial charge in [0.05, 0.1) is 24.5 Å². The molecule has 1 aliphatic rings. The van der Waals surface area contributed by atoms with Gasteiger partial charge in [-0.05, 0) is 57.4 Å². The largest absolute Gasteiger partial charge is 0.491 e. The summed E-state index contributed by atoms with van der Waals surface area (Å²) in [5.74, 6) is -0.198. The summed E-state index contributed by atoms with van der Waals surface area (Å²) in [6.07, 6.45) is 10.2. The zero-order valence-electron chi connectivity index (χ0n) is 18.9. The van der Waals surface area contributed by atoms with Crippen molar-refractivity contribution in [2.24, 2.45) is 11.8 Å². The minimum Gasteiger partial charge on any atom is -0.491 e. The number of hydrogen-bond donors (Lipinski definition) is 0. The van der Waals surface area contributed by atoms with Crippen molar-refractivity contribution in [3.8, 4) is 11.5 Å². The molecule has 0 amide bonds. The molecule has 30 heavy (non-hydrogen) atoms. The first-order valence-corrected chi connectivity index (χ1v) is 11.7. The van der Waals surface area contributed by atoms with Crippen molar-refractivity contribution in [2.75, 3.05) is 6.61 Å². The number of rotatable bonds is 12. The molecule has 0 radical (unpaired) electrons. The summed E-state index contributed by atoms with van der Waals surface area (Å²) >= 11 is 0. The predicted molar refractivity (Wildman–Crippen MR) is 118 cm³/mol. The Labute approximate surface area is 181 Å². The van der Waals surface area contributed by atoms with Crippen LogP contribution in [0.5, 0.6) is 11.5 Å². The second kappa shape index (κ2) is 13.3. The van der Waals surface area contributed by atoms with Crippen molar-refractivity contribution in [2.45, 2.75) is 91.1 Å². The Morgan fingerprint density at radius 1 is 0.867 bits per heavy atom. The lowest BCUT2D eigenvalue weighted by molar-refractivity contribution is -0.158. The van der Waals surface area contributed by atoms with Crippen LogP contribution in [0.4, 0.5) is 0 Å². The average Bonchev–Trinajstić information content (AvgIpc) is 2.74. The predicted octanol–water partition coefficient (Wildman–Crippen LogP) is 6.09. The Hall–Kier alpha value is -2.04. The number of unbranched alkanes of at least 4 members (excludes halogenated alkanes) is 5. The fourth-order valence-electron chi connectivity index (χ4n) is 3.91. The number of hydrogen-bond acceptors (Lipinski definition) is 5. The highest BCUT2D eigenvalue weighted by atomic mass is 16.5. The maximum atomic E-state index is 12.8. The number of carbonyl (C=O) groups is 2. The Morgan fingerprint density at radius 2 is 1.43 bits per heavy atom. The highest BCUT2D eigenvalue weighted by molar-refractivity contribution is 5.83. The molecule has 0 bridgehead atoms. The zero-order chi connectivity index (χ0) is 21.8. The third-order valence-corrected chi connectivity index (χ3v) is 5.53. The van der Waals surface area contributed by atoms with Crippen molar-refractivity contribution in [1.29, 1.82) is 0 Å². The van der Waals surface area contributed by atoms with Crippen LogP contribution in [0.1, 0.15) is 85.0 Å². The summed E-state index contributed by atoms with van der Waals surface area (Å²) in [7, 11) is 0. The topological polar surface area (TPSA) is 61.8 Å². The lowest BCUT2D eigenvalue weighted by Gasteiger charge is -2.28. The van der Waals surface area contributed by atoms with Gasteiger partial charge in [-0.1, -0.05) is 51.9 Å². The second-order valence-electron chi connectivity index (χ2n) is 8.49. The van der Waals surface area contributed by atoms with Crippen molar-refractivity contribution in [1.82, 2.24) is 0 Å². The number of carbonyl (C=O) groups excluding carboxylic acids is 2. The normalized spacial score (nSPS) is 18.8. The van der Waals surface area contributed by atoms with E-state index < -0.39 is 11.8 Å². The summed E-state index contributed by atoms with van der Waals surface area (Å²) in [4.78, 5) is 25.4. The Kier molecular flexibility index (Phi) is 10.7. The molecule has 168 valence electrons. The molecule has 0 heterocycles. The van der Waals surface area contributed by atoms with Gasteiger partial charge in [-0.15, -0.1) is 0 Å². The number of ether oxygens (including phenoxy) is 3. The van der Waals surface area contributed by atoms with Crippen LogP contribution in [-0.4, -0.2) is 24.6 Å². The van der Waals surface area contributed by atoms with Crippen LogP contribution in [0.2, 0.25) is 0 Å². The third-order valence-electron chi connectivity index (χ3n) is 5.53. The molecule has 2 rings (SSSR count). The summed E-state index contributed by atoms with van der Waals surface area (Å²) in [6, 6.07) is 7.03. The van der Waals surface area contributed by atoms with Gasteiger partial charge in [0.2, 0.25) is 0 Å². The molecule has 0 spiro atoms. The Bertz CT molecular complexity index is 637. The third kappa shape index (κ3) is 8.37. The molecule has 5 nitrogen and oxygen atoms in total. The minimum absolute atomic E-state index is 0.0868. The van der Waals surface area contributed by atoms with E-state index in [4.69, 9.17) is 14.2 Å². The van der Waals surface area contributed by atoms with Crippen molar-refractivity contribution in [3.63, 3.8) is 0 Å². The summed E-state index contributed by atoms with van der Waals surface area (Å²) in [5.41, 5.74) is 0. The molecular weight excluding hydrogens is 380 g/mol. The quantitative estimate of drug-likeness (QED) is 0.233. The van der Waals surface area contributed by atoms with Crippen LogP contribution in [0.25, 0.3) is 0 Å². The summed E-state index contributed by atoms with van der Waals surface area (Å²) in [6.45, 7) is 6.57. The van der Waals surface area contributed by atoms with E-state index in [1.807, 2.05) is 13.8 Å². The highest BCUT2D eigenvalue weighted by Crippen LogP contribution is 2.33. The van der Waals surface area contributed by atoms with E-state index in [9.17, 15) is 9.59 Å². The van der Waals surface area contributed by atoms with Crippen molar-refractivity contribution in [3.05, 3.63) is 24.3 Å². The second-order valence-corrected chi connectivity index (χ2v) is 8.49. The van der Waals surface area contributed by atoms with E-state index in [0.717, 1.165) is 31.4 Å². The molecule has 0 aliphatic heterocycles. The standard InChI is InChI=1S/C25H38O5/c1-4-5-6-7-8-11-18-28-24(26)22-12-9-10-13-23(22)25(27)30-21-16-14-20(15-17-21)29-19(2)3/h14-17,19,22-23H,4-13,18H2,1-3H3. The van der Waals surface area contributed by atoms with Crippen LogP contribution in [-0.2, 0) is 14.3 Å². The molecule has 1 aromatic rings. The number of esters is 2. The van der Waals surface area contributed by atoms with Gasteiger partial charge in [0.25, 0.3) is 0 Å². The van der Waals surface area contributed by atoms with Gasteiger partial charge in [-0.25, -0.2) is 0 Å². The molecule has 0 N–H and O–H groups in total. The first kappa shape index (κ1) is 24.2. The van der Waals surface area contributed by atoms with Gasteiger partial charge >= 0.3 is 11.9 Å². The molecule has 1 saturated carbocycles. The summed E-state index contributed by atoms with van der Waals surface area (Å²) < 4.78 is 16.7. The van der Waals surface area contributed by atoms with Gasteiger partial charge in [0.15, 0.2) is 0 Å². The highest BCUT2D eigenvalue weighted by Gasteiger charge is 2.38. The van der Waals surface area contributed by atoms with Crippen LogP contribution in [0.3, 0.4) is 0 Å². The maximum absolute atomic E-state index is 12.8. The van der Waals surface area contributed by atoms with E-state index in [2.05, 4.69) is 6.92 Å². The van der Waals surface area contributed by atoms with Gasteiger partial charge in [0, 0.05) is 0 Å². The first-order valence-electron chi connectivity index (χ1n) is 11.7. The monoisotopic (exact) mass is 418 g/mol. The van der Waals surface area contributed by atoms with E-state index in [-0.39, 0.29) is 18.0 Å². The maximum Gasteiger partial charge on any atom is 0.315 e. The smallest absolute Gasteiger partial charge is 0.315 e. The van der Waals surface area contributed by atoms with Gasteiger partial charge in [0.1, 0.15) is 11.5 Å². The molecule has 2 atom stereocenters. The van der Waals surface area contributed by atoms with Crippen LogP contribution < -0.4 is 9.47 Å². The molecule has 1 fully saturated rings. The molecule has 0 aromatic heterocycles.